The first-order valence-electron chi connectivity index (χ1n) is 9.34. The van der Waals surface area contributed by atoms with Gasteiger partial charge in [0.05, 0.1) is 12.2 Å². The van der Waals surface area contributed by atoms with Crippen LogP contribution < -0.4 is 10.1 Å². The molecule has 1 heterocycles. The molecule has 0 fully saturated rings. The van der Waals surface area contributed by atoms with Crippen molar-refractivity contribution in [3.63, 3.8) is 0 Å². The van der Waals surface area contributed by atoms with Crippen molar-refractivity contribution in [1.82, 2.24) is 4.90 Å². The van der Waals surface area contributed by atoms with Crippen LogP contribution in [0.15, 0.2) is 66.9 Å². The molecule has 3 rings (SSSR count). The molecule has 28 heavy (non-hydrogen) atoms. The van der Waals surface area contributed by atoms with Gasteiger partial charge in [-0.15, -0.1) is 6.58 Å². The number of carbonyl (C=O) groups is 2. The largest absolute Gasteiger partial charge is 0.494 e. The van der Waals surface area contributed by atoms with Crippen LogP contribution in [0.1, 0.15) is 24.5 Å². The summed E-state index contributed by atoms with van der Waals surface area (Å²) in [5.74, 6) is 0.0528. The van der Waals surface area contributed by atoms with Crippen LogP contribution in [0, 0.1) is 6.92 Å². The van der Waals surface area contributed by atoms with Crippen LogP contribution in [0.5, 0.6) is 5.75 Å². The van der Waals surface area contributed by atoms with Crippen LogP contribution in [-0.2, 0) is 9.59 Å². The molecule has 0 saturated heterocycles. The van der Waals surface area contributed by atoms with Crippen LogP contribution >= 0.6 is 0 Å². The molecule has 0 radical (unpaired) electrons. The predicted octanol–water partition coefficient (Wildman–Crippen LogP) is 4.16. The summed E-state index contributed by atoms with van der Waals surface area (Å²) in [6.07, 6.45) is 2.46. The summed E-state index contributed by atoms with van der Waals surface area (Å²) in [7, 11) is 0. The van der Waals surface area contributed by atoms with Gasteiger partial charge in [-0.05, 0) is 42.7 Å². The number of ether oxygens (including phenoxy) is 1. The molecule has 144 valence electrons. The second-order valence-electron chi connectivity index (χ2n) is 6.57. The van der Waals surface area contributed by atoms with Gasteiger partial charge in [0.2, 0.25) is 0 Å². The zero-order chi connectivity index (χ0) is 20.1. The fourth-order valence-electron chi connectivity index (χ4n) is 3.04. The highest BCUT2D eigenvalue weighted by molar-refractivity contribution is 6.36. The number of hydrogen-bond acceptors (Lipinski definition) is 4. The molecule has 0 atom stereocenters. The minimum absolute atomic E-state index is 0.164. The number of anilines is 1. The molecule has 0 spiro atoms. The highest BCUT2D eigenvalue weighted by Crippen LogP contribution is 2.32. The Morgan fingerprint density at radius 2 is 1.79 bits per heavy atom. The monoisotopic (exact) mass is 376 g/mol. The van der Waals surface area contributed by atoms with Crippen LogP contribution in [0.3, 0.4) is 0 Å². The van der Waals surface area contributed by atoms with Gasteiger partial charge in [-0.25, -0.2) is 0 Å². The standard InChI is InChI=1S/C23H24N2O3/c1-4-14-25-22(26)20(17-10-12-18(13-11-17)28-15-5-2)21(23(25)27)24-19-9-7-6-8-16(19)3/h4,6-13,24H,1,5,14-15H2,2-3H3. The summed E-state index contributed by atoms with van der Waals surface area (Å²) in [5, 5.41) is 3.18. The third-order valence-electron chi connectivity index (χ3n) is 4.50. The SMILES string of the molecule is C=CCN1C(=O)C(Nc2ccccc2C)=C(c2ccc(OCCC)cc2)C1=O. The number of aryl methyl sites for hydroxylation is 1. The maximum absolute atomic E-state index is 13.0. The summed E-state index contributed by atoms with van der Waals surface area (Å²) in [6.45, 7) is 8.44. The molecule has 2 aromatic rings. The van der Waals surface area contributed by atoms with Gasteiger partial charge in [-0.2, -0.15) is 0 Å². The Labute approximate surface area is 165 Å². The zero-order valence-electron chi connectivity index (χ0n) is 16.2. The van der Waals surface area contributed by atoms with Gasteiger partial charge >= 0.3 is 0 Å². The summed E-state index contributed by atoms with van der Waals surface area (Å²) in [6, 6.07) is 14.9. The molecule has 1 aliphatic heterocycles. The van der Waals surface area contributed by atoms with Crippen molar-refractivity contribution < 1.29 is 14.3 Å². The van der Waals surface area contributed by atoms with E-state index in [9.17, 15) is 9.59 Å². The fourth-order valence-corrected chi connectivity index (χ4v) is 3.04. The van der Waals surface area contributed by atoms with Gasteiger partial charge in [-0.1, -0.05) is 43.3 Å². The number of carbonyl (C=O) groups excluding carboxylic acids is 2. The van der Waals surface area contributed by atoms with Crippen LogP contribution in [0.4, 0.5) is 5.69 Å². The number of hydrogen-bond donors (Lipinski definition) is 1. The molecule has 0 unspecified atom stereocenters. The van der Waals surface area contributed by atoms with Gasteiger partial charge in [0.25, 0.3) is 11.8 Å². The Hall–Kier alpha value is -3.34. The molecular weight excluding hydrogens is 352 g/mol. The minimum Gasteiger partial charge on any atom is -0.494 e. The highest BCUT2D eigenvalue weighted by Gasteiger charge is 2.38. The van der Waals surface area contributed by atoms with Crippen LogP contribution in [0.2, 0.25) is 0 Å². The van der Waals surface area contributed by atoms with Gasteiger partial charge in [0.1, 0.15) is 11.4 Å². The summed E-state index contributed by atoms with van der Waals surface area (Å²) < 4.78 is 5.61. The molecule has 0 saturated carbocycles. The Kier molecular flexibility index (Phi) is 5.94. The van der Waals surface area contributed by atoms with E-state index in [0.29, 0.717) is 17.7 Å². The smallest absolute Gasteiger partial charge is 0.278 e. The van der Waals surface area contributed by atoms with Crippen molar-refractivity contribution in [2.75, 3.05) is 18.5 Å². The number of nitrogens with zero attached hydrogens (tertiary/aromatic N) is 1. The van der Waals surface area contributed by atoms with Crippen molar-refractivity contribution in [2.24, 2.45) is 0 Å². The van der Waals surface area contributed by atoms with Crippen molar-refractivity contribution in [1.29, 1.82) is 0 Å². The van der Waals surface area contributed by atoms with Gasteiger partial charge in [0, 0.05) is 12.2 Å². The second kappa shape index (κ2) is 8.57. The van der Waals surface area contributed by atoms with Crippen molar-refractivity contribution in [3.05, 3.63) is 78.0 Å². The third kappa shape index (κ3) is 3.83. The molecule has 1 aliphatic rings. The normalized spacial score (nSPS) is 13.9. The molecule has 2 aromatic carbocycles. The molecule has 5 heteroatoms. The predicted molar refractivity (Wildman–Crippen MR) is 111 cm³/mol. The van der Waals surface area contributed by atoms with E-state index in [1.54, 1.807) is 6.08 Å². The van der Waals surface area contributed by atoms with Crippen LogP contribution in [0.25, 0.3) is 5.57 Å². The number of amides is 2. The Bertz CT molecular complexity index is 929. The molecule has 0 aromatic heterocycles. The lowest BCUT2D eigenvalue weighted by Crippen LogP contribution is -2.32. The van der Waals surface area contributed by atoms with Crippen LogP contribution in [-0.4, -0.2) is 29.9 Å². The van der Waals surface area contributed by atoms with Gasteiger partial charge < -0.3 is 10.1 Å². The van der Waals surface area contributed by atoms with Crippen molar-refractivity contribution >= 4 is 23.1 Å². The number of nitrogens with one attached hydrogen (secondary N) is 1. The van der Waals surface area contributed by atoms with E-state index in [2.05, 4.69) is 11.9 Å². The summed E-state index contributed by atoms with van der Waals surface area (Å²) >= 11 is 0. The third-order valence-corrected chi connectivity index (χ3v) is 4.50. The van der Waals surface area contributed by atoms with E-state index in [4.69, 9.17) is 4.74 Å². The molecule has 0 aliphatic carbocycles. The quantitative estimate of drug-likeness (QED) is 0.555. The zero-order valence-corrected chi connectivity index (χ0v) is 16.2. The topological polar surface area (TPSA) is 58.6 Å². The van der Waals surface area contributed by atoms with E-state index in [0.717, 1.165) is 23.4 Å². The summed E-state index contributed by atoms with van der Waals surface area (Å²) in [5.41, 5.74) is 3.09. The van der Waals surface area contributed by atoms with E-state index in [-0.39, 0.29) is 24.1 Å². The van der Waals surface area contributed by atoms with E-state index in [1.807, 2.05) is 62.4 Å². The first kappa shape index (κ1) is 19.4. The number of imide groups is 1. The fraction of sp³-hybridized carbons (Fsp3) is 0.217. The van der Waals surface area contributed by atoms with E-state index >= 15 is 0 Å². The van der Waals surface area contributed by atoms with E-state index < -0.39 is 0 Å². The van der Waals surface area contributed by atoms with Crippen molar-refractivity contribution in [3.8, 4) is 5.75 Å². The molecular formula is C23H24N2O3. The Balaban J connectivity index is 2.01. The molecule has 1 N–H and O–H groups in total. The molecule has 2 amide bonds. The lowest BCUT2D eigenvalue weighted by molar-refractivity contribution is -0.136. The van der Waals surface area contributed by atoms with Gasteiger partial charge in [-0.3, -0.25) is 14.5 Å². The Morgan fingerprint density at radius 1 is 1.07 bits per heavy atom. The second-order valence-corrected chi connectivity index (χ2v) is 6.57. The molecule has 0 bridgehead atoms. The maximum atomic E-state index is 13.0. The first-order valence-corrected chi connectivity index (χ1v) is 9.34. The Morgan fingerprint density at radius 3 is 2.43 bits per heavy atom. The average Bonchev–Trinajstić information content (AvgIpc) is 2.93. The summed E-state index contributed by atoms with van der Waals surface area (Å²) in [4.78, 5) is 27.1. The van der Waals surface area contributed by atoms with Gasteiger partial charge in [0.15, 0.2) is 0 Å². The minimum atomic E-state index is -0.352. The lowest BCUT2D eigenvalue weighted by Gasteiger charge is -2.13. The molecule has 5 nitrogen and oxygen atoms in total. The number of rotatable bonds is 8. The number of benzene rings is 2. The van der Waals surface area contributed by atoms with E-state index in [1.165, 1.54) is 4.90 Å². The van der Waals surface area contributed by atoms with Crippen molar-refractivity contribution in [2.45, 2.75) is 20.3 Å². The first-order chi connectivity index (χ1) is 13.6. The highest BCUT2D eigenvalue weighted by atomic mass is 16.5. The lowest BCUT2D eigenvalue weighted by atomic mass is 10.0. The maximum Gasteiger partial charge on any atom is 0.278 e. The number of para-hydroxylation sites is 1. The average molecular weight is 376 g/mol.